The molecule has 0 radical (unpaired) electrons. The molecule has 0 bridgehead atoms. The van der Waals surface area contributed by atoms with E-state index in [1.807, 2.05) is 42.5 Å². The number of hydrogen-bond donors (Lipinski definition) is 1. The smallest absolute Gasteiger partial charge is 0.203 e. The van der Waals surface area contributed by atoms with E-state index in [0.717, 1.165) is 42.8 Å². The molecule has 0 amide bonds. The Morgan fingerprint density at radius 2 is 1.64 bits per heavy atom. The third-order valence-electron chi connectivity index (χ3n) is 4.46. The number of rotatable bonds is 8. The van der Waals surface area contributed by atoms with Crippen LogP contribution in [0.2, 0.25) is 0 Å². The SMILES string of the molecule is CCCN(CCC)c1ccc(/C(=N\N)c2nncc(-c3ccccc3)n2)cc1. The maximum Gasteiger partial charge on any atom is 0.203 e. The van der Waals surface area contributed by atoms with Crippen LogP contribution in [-0.2, 0) is 0 Å². The molecule has 0 saturated heterocycles. The summed E-state index contributed by atoms with van der Waals surface area (Å²) >= 11 is 0. The molecule has 6 nitrogen and oxygen atoms in total. The van der Waals surface area contributed by atoms with Gasteiger partial charge in [0.25, 0.3) is 0 Å². The van der Waals surface area contributed by atoms with Crippen LogP contribution < -0.4 is 10.7 Å². The number of nitrogens with zero attached hydrogens (tertiary/aromatic N) is 5. The van der Waals surface area contributed by atoms with E-state index in [-0.39, 0.29) is 0 Å². The van der Waals surface area contributed by atoms with E-state index < -0.39 is 0 Å². The second-order valence-corrected chi connectivity index (χ2v) is 6.54. The van der Waals surface area contributed by atoms with Gasteiger partial charge in [-0.15, -0.1) is 5.10 Å². The summed E-state index contributed by atoms with van der Waals surface area (Å²) in [6.07, 6.45) is 3.87. The first kappa shape index (κ1) is 19.5. The molecule has 1 aromatic heterocycles. The zero-order valence-electron chi connectivity index (χ0n) is 16.4. The fourth-order valence-corrected chi connectivity index (χ4v) is 3.15. The van der Waals surface area contributed by atoms with Crippen molar-refractivity contribution in [1.82, 2.24) is 15.2 Å². The first-order chi connectivity index (χ1) is 13.8. The number of nitrogens with two attached hydrogens (primary N) is 1. The highest BCUT2D eigenvalue weighted by molar-refractivity contribution is 6.10. The summed E-state index contributed by atoms with van der Waals surface area (Å²) in [5, 5.41) is 12.2. The van der Waals surface area contributed by atoms with Crippen molar-refractivity contribution >= 4 is 11.4 Å². The molecule has 144 valence electrons. The Labute approximate surface area is 166 Å². The monoisotopic (exact) mass is 374 g/mol. The van der Waals surface area contributed by atoms with E-state index in [4.69, 9.17) is 5.84 Å². The minimum Gasteiger partial charge on any atom is -0.372 e. The average molecular weight is 374 g/mol. The Morgan fingerprint density at radius 3 is 2.25 bits per heavy atom. The summed E-state index contributed by atoms with van der Waals surface area (Å²) in [6.45, 7) is 6.47. The topological polar surface area (TPSA) is 80.3 Å². The molecular weight excluding hydrogens is 348 g/mol. The molecule has 0 unspecified atom stereocenters. The van der Waals surface area contributed by atoms with Crippen molar-refractivity contribution in [2.75, 3.05) is 18.0 Å². The molecule has 0 atom stereocenters. The molecule has 28 heavy (non-hydrogen) atoms. The minimum absolute atomic E-state index is 0.413. The molecule has 1 heterocycles. The van der Waals surface area contributed by atoms with Crippen LogP contribution in [0.1, 0.15) is 38.1 Å². The summed E-state index contributed by atoms with van der Waals surface area (Å²) in [7, 11) is 0. The molecule has 6 heteroatoms. The summed E-state index contributed by atoms with van der Waals surface area (Å²) in [5.41, 5.74) is 4.29. The molecule has 2 aromatic carbocycles. The lowest BCUT2D eigenvalue weighted by atomic mass is 10.1. The number of hydrazone groups is 1. The van der Waals surface area contributed by atoms with Gasteiger partial charge in [-0.1, -0.05) is 56.3 Å². The van der Waals surface area contributed by atoms with Crippen molar-refractivity contribution in [3.8, 4) is 11.3 Å². The fraction of sp³-hybridized carbons (Fsp3) is 0.273. The van der Waals surface area contributed by atoms with Gasteiger partial charge in [-0.2, -0.15) is 10.2 Å². The van der Waals surface area contributed by atoms with Crippen LogP contribution in [0.3, 0.4) is 0 Å². The highest BCUT2D eigenvalue weighted by atomic mass is 15.2. The van der Waals surface area contributed by atoms with E-state index in [9.17, 15) is 0 Å². The van der Waals surface area contributed by atoms with Gasteiger partial charge < -0.3 is 10.7 Å². The van der Waals surface area contributed by atoms with E-state index >= 15 is 0 Å². The van der Waals surface area contributed by atoms with Crippen LogP contribution >= 0.6 is 0 Å². The normalized spacial score (nSPS) is 11.4. The average Bonchev–Trinajstić information content (AvgIpc) is 2.76. The summed E-state index contributed by atoms with van der Waals surface area (Å²) in [4.78, 5) is 7.00. The molecule has 3 aromatic rings. The molecule has 0 aliphatic carbocycles. The highest BCUT2D eigenvalue weighted by Crippen LogP contribution is 2.19. The van der Waals surface area contributed by atoms with Gasteiger partial charge >= 0.3 is 0 Å². The first-order valence-electron chi connectivity index (χ1n) is 9.65. The fourth-order valence-electron chi connectivity index (χ4n) is 3.15. The largest absolute Gasteiger partial charge is 0.372 e. The van der Waals surface area contributed by atoms with Gasteiger partial charge in [0, 0.05) is 29.9 Å². The lowest BCUT2D eigenvalue weighted by Crippen LogP contribution is -2.24. The maximum absolute atomic E-state index is 5.69. The molecule has 0 fully saturated rings. The summed E-state index contributed by atoms with van der Waals surface area (Å²) < 4.78 is 0. The summed E-state index contributed by atoms with van der Waals surface area (Å²) in [5.74, 6) is 6.10. The molecule has 3 rings (SSSR count). The van der Waals surface area contributed by atoms with Crippen molar-refractivity contribution < 1.29 is 0 Å². The van der Waals surface area contributed by atoms with Gasteiger partial charge in [-0.05, 0) is 25.0 Å². The van der Waals surface area contributed by atoms with Gasteiger partial charge in [0.05, 0.1) is 11.9 Å². The van der Waals surface area contributed by atoms with E-state index in [2.05, 4.69) is 51.2 Å². The van der Waals surface area contributed by atoms with Crippen molar-refractivity contribution in [2.45, 2.75) is 26.7 Å². The van der Waals surface area contributed by atoms with Crippen molar-refractivity contribution in [1.29, 1.82) is 0 Å². The number of hydrogen-bond acceptors (Lipinski definition) is 6. The predicted octanol–water partition coefficient (Wildman–Crippen LogP) is 3.88. The van der Waals surface area contributed by atoms with Crippen LogP contribution in [0.25, 0.3) is 11.3 Å². The van der Waals surface area contributed by atoms with E-state index in [1.54, 1.807) is 6.20 Å². The zero-order valence-corrected chi connectivity index (χ0v) is 16.4. The molecule has 0 saturated carbocycles. The number of aromatic nitrogens is 3. The van der Waals surface area contributed by atoms with Crippen LogP contribution in [0.5, 0.6) is 0 Å². The number of anilines is 1. The Balaban J connectivity index is 1.88. The molecule has 0 aliphatic rings. The van der Waals surface area contributed by atoms with Gasteiger partial charge in [0.2, 0.25) is 5.82 Å². The van der Waals surface area contributed by atoms with E-state index in [0.29, 0.717) is 11.5 Å². The standard InChI is InChI=1S/C22H26N6/c1-3-14-28(15-4-2)19-12-10-18(11-13-19)21(26-23)22-25-20(16-24-27-22)17-8-6-5-7-9-17/h5-13,16H,3-4,14-15,23H2,1-2H3/b26-21+. The Hall–Kier alpha value is -3.28. The lowest BCUT2D eigenvalue weighted by Gasteiger charge is -2.24. The highest BCUT2D eigenvalue weighted by Gasteiger charge is 2.13. The van der Waals surface area contributed by atoms with Gasteiger partial charge in [0.1, 0.15) is 5.71 Å². The third kappa shape index (κ3) is 4.52. The van der Waals surface area contributed by atoms with Crippen molar-refractivity contribution in [3.05, 3.63) is 72.2 Å². The third-order valence-corrected chi connectivity index (χ3v) is 4.46. The quantitative estimate of drug-likeness (QED) is 0.368. The zero-order chi connectivity index (χ0) is 19.8. The predicted molar refractivity (Wildman–Crippen MR) is 114 cm³/mol. The molecule has 0 aliphatic heterocycles. The van der Waals surface area contributed by atoms with Crippen LogP contribution in [-0.4, -0.2) is 34.0 Å². The second-order valence-electron chi connectivity index (χ2n) is 6.54. The first-order valence-corrected chi connectivity index (χ1v) is 9.65. The summed E-state index contributed by atoms with van der Waals surface area (Å²) in [6, 6.07) is 18.1. The van der Waals surface area contributed by atoms with E-state index in [1.165, 1.54) is 5.69 Å². The maximum atomic E-state index is 5.69. The minimum atomic E-state index is 0.413. The Kier molecular flexibility index (Phi) is 6.68. The van der Waals surface area contributed by atoms with Crippen LogP contribution in [0.4, 0.5) is 5.69 Å². The number of benzene rings is 2. The van der Waals surface area contributed by atoms with Gasteiger partial charge in [0.15, 0.2) is 0 Å². The van der Waals surface area contributed by atoms with Crippen LogP contribution in [0, 0.1) is 0 Å². The van der Waals surface area contributed by atoms with Gasteiger partial charge in [-0.25, -0.2) is 4.98 Å². The van der Waals surface area contributed by atoms with Crippen LogP contribution in [0.15, 0.2) is 65.9 Å². The molecular formula is C22H26N6. The van der Waals surface area contributed by atoms with Crippen molar-refractivity contribution in [2.24, 2.45) is 10.9 Å². The van der Waals surface area contributed by atoms with Crippen molar-refractivity contribution in [3.63, 3.8) is 0 Å². The Morgan fingerprint density at radius 1 is 0.964 bits per heavy atom. The Bertz CT molecular complexity index is 900. The van der Waals surface area contributed by atoms with Gasteiger partial charge in [-0.3, -0.25) is 0 Å². The lowest BCUT2D eigenvalue weighted by molar-refractivity contribution is 0.745. The second kappa shape index (κ2) is 9.60. The molecule has 0 spiro atoms. The molecule has 2 N–H and O–H groups in total.